The highest BCUT2D eigenvalue weighted by molar-refractivity contribution is 7.45. The number of nitrogens with one attached hydrogen (secondary N) is 1. The Labute approximate surface area is 176 Å². The highest BCUT2D eigenvalue weighted by Gasteiger charge is 2.13. The molecule has 0 radical (unpaired) electrons. The van der Waals surface area contributed by atoms with E-state index in [4.69, 9.17) is 20.0 Å². The van der Waals surface area contributed by atoms with Crippen LogP contribution in [0.4, 0.5) is 0 Å². The number of benzene rings is 2. The zero-order valence-electron chi connectivity index (χ0n) is 16.6. The number of hydrogen-bond donors (Lipinski definition) is 5. The monoisotopic (exact) mass is 435 g/mol. The molecule has 0 aliphatic heterocycles. The van der Waals surface area contributed by atoms with Crippen LogP contribution in [0.5, 0.6) is 0 Å². The molecule has 9 heteroatoms. The van der Waals surface area contributed by atoms with Crippen LogP contribution in [0.25, 0.3) is 0 Å². The lowest BCUT2D eigenvalue weighted by atomic mass is 10.0. The molecule has 2 rings (SSSR count). The molecule has 0 aliphatic rings. The Morgan fingerprint density at radius 2 is 1.47 bits per heavy atom. The number of aryl methyl sites for hydroxylation is 1. The van der Waals surface area contributed by atoms with Crippen LogP contribution < -0.4 is 5.32 Å². The first-order chi connectivity index (χ1) is 14.2. The maximum atomic E-state index is 11.4. The van der Waals surface area contributed by atoms with Crippen molar-refractivity contribution in [1.82, 2.24) is 5.32 Å². The van der Waals surface area contributed by atoms with E-state index in [0.717, 1.165) is 12.0 Å². The van der Waals surface area contributed by atoms with Crippen LogP contribution in [0, 0.1) is 6.92 Å². The van der Waals surface area contributed by atoms with Crippen molar-refractivity contribution in [2.45, 2.75) is 26.2 Å². The van der Waals surface area contributed by atoms with E-state index in [9.17, 15) is 14.4 Å². The lowest BCUT2D eigenvalue weighted by Gasteiger charge is -2.05. The summed E-state index contributed by atoms with van der Waals surface area (Å²) in [6.07, 6.45) is 2.17. The fourth-order valence-corrected chi connectivity index (χ4v) is 2.98. The Bertz CT molecular complexity index is 808. The maximum absolute atomic E-state index is 11.4. The largest absolute Gasteiger partial charge is 0.478 e. The van der Waals surface area contributed by atoms with Crippen molar-refractivity contribution < 1.29 is 34.4 Å². The summed E-state index contributed by atoms with van der Waals surface area (Å²) in [4.78, 5) is 50.0. The molecule has 0 atom stereocenters. The number of carbonyl (C=O) groups excluding carboxylic acids is 1. The molecule has 0 aliphatic carbocycles. The van der Waals surface area contributed by atoms with Gasteiger partial charge in [0.25, 0.3) is 0 Å². The second-order valence-electron chi connectivity index (χ2n) is 6.37. The third kappa shape index (κ3) is 9.60. The van der Waals surface area contributed by atoms with Crippen molar-refractivity contribution in [3.05, 3.63) is 70.8 Å². The molecule has 0 unspecified atom stereocenters. The van der Waals surface area contributed by atoms with Crippen LogP contribution in [-0.4, -0.2) is 50.6 Å². The van der Waals surface area contributed by atoms with Gasteiger partial charge in [-0.25, -0.2) is 9.59 Å². The highest BCUT2D eigenvalue weighted by Crippen LogP contribution is 2.22. The molecule has 30 heavy (non-hydrogen) atoms. The molecule has 0 fully saturated rings. The third-order valence-electron chi connectivity index (χ3n) is 4.14. The number of carbonyl (C=O) groups is 3. The molecule has 0 aromatic heterocycles. The first kappa shape index (κ1) is 25.2. The summed E-state index contributed by atoms with van der Waals surface area (Å²) in [7, 11) is -1.83. The second-order valence-corrected chi connectivity index (χ2v) is 7.57. The van der Waals surface area contributed by atoms with E-state index in [0.29, 0.717) is 25.5 Å². The summed E-state index contributed by atoms with van der Waals surface area (Å²) in [6.45, 7) is 1.99. The first-order valence-electron chi connectivity index (χ1n) is 9.24. The Morgan fingerprint density at radius 1 is 0.900 bits per heavy atom. The van der Waals surface area contributed by atoms with Crippen molar-refractivity contribution in [3.63, 3.8) is 0 Å². The molecule has 2 aromatic carbocycles. The van der Waals surface area contributed by atoms with Gasteiger partial charge in [0.15, 0.2) is 8.38 Å². The van der Waals surface area contributed by atoms with Gasteiger partial charge in [0.2, 0.25) is 5.91 Å². The fraction of sp³-hybridized carbons (Fsp3) is 0.286. The van der Waals surface area contributed by atoms with Gasteiger partial charge in [0.05, 0.1) is 11.1 Å². The lowest BCUT2D eigenvalue weighted by molar-refractivity contribution is -0.121. The van der Waals surface area contributed by atoms with E-state index in [1.807, 2.05) is 30.3 Å². The number of amides is 1. The molecule has 0 spiro atoms. The first-order valence-corrected chi connectivity index (χ1v) is 10.7. The van der Waals surface area contributed by atoms with Gasteiger partial charge >= 0.3 is 11.9 Å². The summed E-state index contributed by atoms with van der Waals surface area (Å²) in [5, 5.41) is 20.1. The molecule has 2 aromatic rings. The van der Waals surface area contributed by atoms with Crippen LogP contribution >= 0.6 is 8.38 Å². The molecule has 0 saturated heterocycles. The Morgan fingerprint density at radius 3 is 1.97 bits per heavy atom. The highest BCUT2D eigenvalue weighted by atomic mass is 31.2. The predicted octanol–water partition coefficient (Wildman–Crippen LogP) is 2.81. The molecule has 0 heterocycles. The van der Waals surface area contributed by atoms with Crippen molar-refractivity contribution in [3.8, 4) is 0 Å². The second kappa shape index (κ2) is 13.4. The molecule has 8 nitrogen and oxygen atoms in total. The van der Waals surface area contributed by atoms with Gasteiger partial charge in [-0.3, -0.25) is 4.79 Å². The van der Waals surface area contributed by atoms with Crippen LogP contribution in [0.3, 0.4) is 0 Å². The minimum atomic E-state index is -1.83. The van der Waals surface area contributed by atoms with Gasteiger partial charge in [-0.15, -0.1) is 0 Å². The number of carboxylic acids is 2. The molecule has 0 saturated carbocycles. The number of carboxylic acid groups (broad SMARTS) is 2. The van der Waals surface area contributed by atoms with Gasteiger partial charge < -0.3 is 25.3 Å². The smallest absolute Gasteiger partial charge is 0.335 e. The topological polar surface area (TPSA) is 144 Å². The van der Waals surface area contributed by atoms with Crippen LogP contribution in [0.1, 0.15) is 44.7 Å². The quantitative estimate of drug-likeness (QED) is 0.301. The van der Waals surface area contributed by atoms with Crippen molar-refractivity contribution >= 4 is 26.2 Å². The summed E-state index contributed by atoms with van der Waals surface area (Å²) in [6, 6.07) is 14.0. The average molecular weight is 435 g/mol. The number of aromatic carboxylic acids is 2. The van der Waals surface area contributed by atoms with Crippen molar-refractivity contribution in [2.75, 3.05) is 12.7 Å². The van der Waals surface area contributed by atoms with Crippen LogP contribution in [0.2, 0.25) is 0 Å². The average Bonchev–Trinajstić information content (AvgIpc) is 2.70. The van der Waals surface area contributed by atoms with E-state index >= 15 is 0 Å². The fourth-order valence-electron chi connectivity index (χ4n) is 2.54. The van der Waals surface area contributed by atoms with Crippen LogP contribution in [0.15, 0.2) is 48.5 Å². The molecule has 1 amide bonds. The van der Waals surface area contributed by atoms with Gasteiger partial charge in [0.1, 0.15) is 0 Å². The van der Waals surface area contributed by atoms with E-state index < -0.39 is 20.3 Å². The minimum Gasteiger partial charge on any atom is -0.478 e. The zero-order valence-corrected chi connectivity index (χ0v) is 17.5. The van der Waals surface area contributed by atoms with Crippen molar-refractivity contribution in [1.29, 1.82) is 0 Å². The molecular weight excluding hydrogens is 409 g/mol. The Kier molecular flexibility index (Phi) is 11.3. The van der Waals surface area contributed by atoms with E-state index in [2.05, 4.69) is 5.32 Å². The van der Waals surface area contributed by atoms with Gasteiger partial charge in [-0.2, -0.15) is 0 Å². The third-order valence-corrected chi connectivity index (χ3v) is 4.85. The van der Waals surface area contributed by atoms with Crippen molar-refractivity contribution in [2.24, 2.45) is 0 Å². The molecular formula is C21H26NO7P. The Hall–Kier alpha value is -2.80. The summed E-state index contributed by atoms with van der Waals surface area (Å²) < 4.78 is 0. The summed E-state index contributed by atoms with van der Waals surface area (Å²) in [5.41, 5.74) is 1.49. The normalized spacial score (nSPS) is 10.1. The zero-order chi connectivity index (χ0) is 22.5. The maximum Gasteiger partial charge on any atom is 0.335 e. The van der Waals surface area contributed by atoms with Gasteiger partial charge in [-0.1, -0.05) is 36.4 Å². The number of rotatable bonds is 9. The molecule has 0 bridgehead atoms. The SMILES string of the molecule is Cc1c(C(=O)O)cccc1C(=O)O.O=C(CCc1ccccc1)NCCCP(O)O. The summed E-state index contributed by atoms with van der Waals surface area (Å²) in [5.74, 6) is -2.21. The molecule has 162 valence electrons. The Balaban J connectivity index is 0.000000311. The van der Waals surface area contributed by atoms with E-state index in [-0.39, 0.29) is 22.6 Å². The standard InChI is InChI=1S/C12H18NO3P.C9H8O4/c14-12(13-9-4-10-17(15)16)8-7-11-5-2-1-3-6-11;1-5-6(8(10)11)3-2-4-7(5)9(12)13/h1-3,5-6,15-16H,4,7-10H2,(H,13,14);2-4H,1H3,(H,10,11)(H,12,13). The summed E-state index contributed by atoms with van der Waals surface area (Å²) >= 11 is 0. The predicted molar refractivity (Wildman–Crippen MR) is 114 cm³/mol. The van der Waals surface area contributed by atoms with E-state index in [1.165, 1.54) is 25.1 Å². The minimum absolute atomic E-state index is 0.00839. The van der Waals surface area contributed by atoms with Gasteiger partial charge in [0, 0.05) is 19.1 Å². The van der Waals surface area contributed by atoms with E-state index in [1.54, 1.807) is 0 Å². The van der Waals surface area contributed by atoms with Crippen LogP contribution in [-0.2, 0) is 11.2 Å². The lowest BCUT2D eigenvalue weighted by Crippen LogP contribution is -2.25. The molecule has 5 N–H and O–H groups in total. The van der Waals surface area contributed by atoms with Gasteiger partial charge in [-0.05, 0) is 43.0 Å². The number of hydrogen-bond acceptors (Lipinski definition) is 5.